The molecule has 0 aliphatic carbocycles. The molecule has 1 nitrogen and oxygen atoms in total. The van der Waals surface area contributed by atoms with Crippen molar-refractivity contribution in [3.63, 3.8) is 0 Å². The van der Waals surface area contributed by atoms with Gasteiger partial charge in [0.25, 0.3) is 0 Å². The molecule has 0 bridgehead atoms. The smallest absolute Gasteiger partial charge is 0.0473 e. The number of nitrogens with one attached hydrogen (secondary N) is 1. The maximum Gasteiger partial charge on any atom is 0.0473 e. The normalized spacial score (nSPS) is 18.9. The van der Waals surface area contributed by atoms with Gasteiger partial charge in [0.1, 0.15) is 0 Å². The molecule has 3 rings (SSSR count). The van der Waals surface area contributed by atoms with Crippen LogP contribution in [0.15, 0.2) is 48.5 Å². The van der Waals surface area contributed by atoms with Crippen molar-refractivity contribution in [3.05, 3.63) is 70.8 Å². The number of rotatable bonds is 4. The summed E-state index contributed by atoms with van der Waals surface area (Å²) in [5.41, 5.74) is 6.93. The van der Waals surface area contributed by atoms with E-state index in [0.717, 1.165) is 13.0 Å². The van der Waals surface area contributed by atoms with Gasteiger partial charge in [-0.2, -0.15) is 0 Å². The van der Waals surface area contributed by atoms with E-state index in [1.807, 2.05) is 0 Å². The fraction of sp³-hybridized carbons (Fsp3) is 0.478. The van der Waals surface area contributed by atoms with E-state index >= 15 is 0 Å². The molecule has 2 atom stereocenters. The van der Waals surface area contributed by atoms with Crippen molar-refractivity contribution >= 4 is 8.80 Å². The van der Waals surface area contributed by atoms with Crippen molar-refractivity contribution in [2.75, 3.05) is 6.54 Å². The van der Waals surface area contributed by atoms with Crippen LogP contribution in [0.25, 0.3) is 0 Å². The Morgan fingerprint density at radius 2 is 1.72 bits per heavy atom. The molecule has 0 saturated carbocycles. The molecule has 1 N–H and O–H groups in total. The molecule has 0 saturated heterocycles. The Bertz CT molecular complexity index is 697. The molecule has 1 heterocycles. The lowest BCUT2D eigenvalue weighted by Gasteiger charge is -2.35. The van der Waals surface area contributed by atoms with E-state index in [4.69, 9.17) is 0 Å². The van der Waals surface area contributed by atoms with Gasteiger partial charge in [-0.3, -0.25) is 0 Å². The maximum absolute atomic E-state index is 3.84. The number of hydrogen-bond acceptors (Lipinski definition) is 1. The van der Waals surface area contributed by atoms with Gasteiger partial charge in [0.15, 0.2) is 0 Å². The van der Waals surface area contributed by atoms with Gasteiger partial charge in [0.05, 0.1) is 0 Å². The van der Waals surface area contributed by atoms with Gasteiger partial charge in [-0.15, -0.1) is 0 Å². The largest absolute Gasteiger partial charge is 0.310 e. The van der Waals surface area contributed by atoms with E-state index in [-0.39, 0.29) is 5.41 Å². The second kappa shape index (κ2) is 7.47. The SMILES string of the molecule is C[Si](C)C(Cc1ccc(C(C)(C)C)cc1)C1NCCc2ccccc21. The van der Waals surface area contributed by atoms with Crippen molar-refractivity contribution in [2.45, 2.75) is 63.7 Å². The standard InChI is InChI=1S/C23H32NSi/c1-23(2,3)19-12-10-17(11-13-19)16-21(25(4)5)22-20-9-7-6-8-18(20)14-15-24-22/h6-13,21-22,24H,14-16H2,1-5H3. The summed E-state index contributed by atoms with van der Waals surface area (Å²) >= 11 is 0. The van der Waals surface area contributed by atoms with Crippen LogP contribution in [0.2, 0.25) is 18.6 Å². The van der Waals surface area contributed by atoms with E-state index < -0.39 is 8.80 Å². The Labute approximate surface area is 155 Å². The van der Waals surface area contributed by atoms with Gasteiger partial charge in [0.2, 0.25) is 0 Å². The number of benzene rings is 2. The van der Waals surface area contributed by atoms with E-state index in [1.165, 1.54) is 23.1 Å². The highest BCUT2D eigenvalue weighted by Gasteiger charge is 2.30. The van der Waals surface area contributed by atoms with Crippen LogP contribution in [0.4, 0.5) is 0 Å². The average molecular weight is 351 g/mol. The Morgan fingerprint density at radius 1 is 1.04 bits per heavy atom. The zero-order valence-corrected chi connectivity index (χ0v) is 17.4. The zero-order chi connectivity index (χ0) is 18.0. The van der Waals surface area contributed by atoms with Crippen LogP contribution in [0.1, 0.15) is 49.1 Å². The molecular weight excluding hydrogens is 318 g/mol. The van der Waals surface area contributed by atoms with Crippen molar-refractivity contribution in [2.24, 2.45) is 0 Å². The Hall–Kier alpha value is -1.38. The summed E-state index contributed by atoms with van der Waals surface area (Å²) < 4.78 is 0. The summed E-state index contributed by atoms with van der Waals surface area (Å²) in [6.45, 7) is 12.9. The van der Waals surface area contributed by atoms with Crippen molar-refractivity contribution in [1.82, 2.24) is 5.32 Å². The molecule has 25 heavy (non-hydrogen) atoms. The first-order chi connectivity index (χ1) is 11.9. The van der Waals surface area contributed by atoms with Gasteiger partial charge in [-0.25, -0.2) is 0 Å². The summed E-state index contributed by atoms with van der Waals surface area (Å²) in [6.07, 6.45) is 2.34. The van der Waals surface area contributed by atoms with Crippen LogP contribution in [-0.4, -0.2) is 15.3 Å². The topological polar surface area (TPSA) is 12.0 Å². The third kappa shape index (κ3) is 4.24. The molecule has 1 aliphatic heterocycles. The van der Waals surface area contributed by atoms with Crippen molar-refractivity contribution in [3.8, 4) is 0 Å². The molecule has 2 heteroatoms. The first-order valence-corrected chi connectivity index (χ1v) is 12.1. The Kier molecular flexibility index (Phi) is 5.50. The zero-order valence-electron chi connectivity index (χ0n) is 16.4. The minimum absolute atomic E-state index is 0.228. The molecule has 0 amide bonds. The molecule has 1 radical (unpaired) electrons. The summed E-state index contributed by atoms with van der Waals surface area (Å²) in [5, 5.41) is 3.84. The van der Waals surface area contributed by atoms with E-state index in [1.54, 1.807) is 5.56 Å². The molecule has 2 aromatic rings. The van der Waals surface area contributed by atoms with Gasteiger partial charge in [0, 0.05) is 14.8 Å². The lowest BCUT2D eigenvalue weighted by Crippen LogP contribution is -2.37. The lowest BCUT2D eigenvalue weighted by molar-refractivity contribution is 0.470. The predicted octanol–water partition coefficient (Wildman–Crippen LogP) is 5.54. The van der Waals surface area contributed by atoms with Crippen molar-refractivity contribution in [1.29, 1.82) is 0 Å². The van der Waals surface area contributed by atoms with Crippen LogP contribution in [0.3, 0.4) is 0 Å². The van der Waals surface area contributed by atoms with Crippen molar-refractivity contribution < 1.29 is 0 Å². The van der Waals surface area contributed by atoms with Gasteiger partial charge in [-0.1, -0.05) is 82.4 Å². The molecule has 0 aromatic heterocycles. The Morgan fingerprint density at radius 3 is 2.36 bits per heavy atom. The molecule has 133 valence electrons. The van der Waals surface area contributed by atoms with Gasteiger partial charge < -0.3 is 5.32 Å². The van der Waals surface area contributed by atoms with Gasteiger partial charge >= 0.3 is 0 Å². The van der Waals surface area contributed by atoms with E-state index in [9.17, 15) is 0 Å². The first kappa shape index (κ1) is 18.4. The molecule has 2 unspecified atom stereocenters. The monoisotopic (exact) mass is 350 g/mol. The third-order valence-electron chi connectivity index (χ3n) is 5.57. The van der Waals surface area contributed by atoms with E-state index in [2.05, 4.69) is 87.7 Å². The summed E-state index contributed by atoms with van der Waals surface area (Å²) in [4.78, 5) is 0. The highest BCUT2D eigenvalue weighted by molar-refractivity contribution is 6.57. The number of hydrogen-bond donors (Lipinski definition) is 1. The minimum Gasteiger partial charge on any atom is -0.310 e. The molecular formula is C23H32NSi. The maximum atomic E-state index is 3.84. The van der Waals surface area contributed by atoms with Crippen LogP contribution < -0.4 is 5.32 Å². The molecule has 1 aliphatic rings. The fourth-order valence-electron chi connectivity index (χ4n) is 3.95. The van der Waals surface area contributed by atoms with Crippen LogP contribution in [0, 0.1) is 0 Å². The average Bonchev–Trinajstić information content (AvgIpc) is 2.59. The highest BCUT2D eigenvalue weighted by Crippen LogP contribution is 2.37. The lowest BCUT2D eigenvalue weighted by atomic mass is 9.86. The van der Waals surface area contributed by atoms with Gasteiger partial charge in [-0.05, 0) is 52.6 Å². The van der Waals surface area contributed by atoms with Crippen LogP contribution >= 0.6 is 0 Å². The predicted molar refractivity (Wildman–Crippen MR) is 111 cm³/mol. The fourth-order valence-corrected chi connectivity index (χ4v) is 5.55. The molecule has 2 aromatic carbocycles. The quantitative estimate of drug-likeness (QED) is 0.714. The van der Waals surface area contributed by atoms with Crippen LogP contribution in [-0.2, 0) is 18.3 Å². The third-order valence-corrected chi connectivity index (χ3v) is 7.59. The first-order valence-electron chi connectivity index (χ1n) is 9.57. The van der Waals surface area contributed by atoms with E-state index in [0.29, 0.717) is 11.6 Å². The second-order valence-corrected chi connectivity index (χ2v) is 11.6. The number of fused-ring (bicyclic) bond motifs is 1. The molecule has 0 fully saturated rings. The molecule has 0 spiro atoms. The summed E-state index contributed by atoms with van der Waals surface area (Å²) in [7, 11) is -0.412. The Balaban J connectivity index is 1.83. The minimum atomic E-state index is -0.412. The highest BCUT2D eigenvalue weighted by atomic mass is 28.3. The van der Waals surface area contributed by atoms with Crippen LogP contribution in [0.5, 0.6) is 0 Å². The summed E-state index contributed by atoms with van der Waals surface area (Å²) in [5.74, 6) is 0. The second-order valence-electron chi connectivity index (χ2n) is 8.72. The summed E-state index contributed by atoms with van der Waals surface area (Å²) in [6, 6.07) is 18.9.